The van der Waals surface area contributed by atoms with Crippen molar-refractivity contribution in [2.45, 2.75) is 19.4 Å². The fraction of sp³-hybridized carbons (Fsp3) is 0.455. The van der Waals surface area contributed by atoms with Crippen molar-refractivity contribution in [1.82, 2.24) is 10.6 Å². The van der Waals surface area contributed by atoms with Crippen LogP contribution < -0.4 is 10.6 Å². The highest BCUT2D eigenvalue weighted by molar-refractivity contribution is 7.12. The van der Waals surface area contributed by atoms with Gasteiger partial charge in [-0.15, -0.1) is 11.3 Å². The summed E-state index contributed by atoms with van der Waals surface area (Å²) in [5.41, 5.74) is 0. The van der Waals surface area contributed by atoms with Gasteiger partial charge < -0.3 is 15.7 Å². The van der Waals surface area contributed by atoms with E-state index < -0.39 is 0 Å². The first-order valence-corrected chi connectivity index (χ1v) is 6.23. The van der Waals surface area contributed by atoms with E-state index in [2.05, 4.69) is 10.6 Å². The van der Waals surface area contributed by atoms with E-state index >= 15 is 0 Å². The molecule has 17 heavy (non-hydrogen) atoms. The topological polar surface area (TPSA) is 78.4 Å². The van der Waals surface area contributed by atoms with E-state index in [-0.39, 0.29) is 31.0 Å². The predicted octanol–water partition coefficient (Wildman–Crippen LogP) is 0.365. The van der Waals surface area contributed by atoms with E-state index in [1.165, 1.54) is 11.3 Å². The van der Waals surface area contributed by atoms with Gasteiger partial charge in [-0.25, -0.2) is 0 Å². The number of aliphatic hydroxyl groups excluding tert-OH is 1. The van der Waals surface area contributed by atoms with E-state index in [1.807, 2.05) is 0 Å². The lowest BCUT2D eigenvalue weighted by Crippen LogP contribution is -2.41. The molecule has 0 aliphatic carbocycles. The smallest absolute Gasteiger partial charge is 0.261 e. The van der Waals surface area contributed by atoms with Crippen molar-refractivity contribution in [3.05, 3.63) is 22.4 Å². The molecule has 0 bridgehead atoms. The number of carbonyl (C=O) groups is 2. The first-order valence-electron chi connectivity index (χ1n) is 5.35. The molecule has 0 aromatic carbocycles. The van der Waals surface area contributed by atoms with Gasteiger partial charge in [0.15, 0.2) is 0 Å². The van der Waals surface area contributed by atoms with Crippen molar-refractivity contribution in [1.29, 1.82) is 0 Å². The van der Waals surface area contributed by atoms with Crippen LogP contribution in [-0.4, -0.2) is 36.1 Å². The van der Waals surface area contributed by atoms with Crippen molar-refractivity contribution < 1.29 is 14.7 Å². The number of nitrogens with one attached hydrogen (secondary N) is 2. The largest absolute Gasteiger partial charge is 0.396 e. The van der Waals surface area contributed by atoms with Gasteiger partial charge in [-0.1, -0.05) is 6.07 Å². The van der Waals surface area contributed by atoms with Gasteiger partial charge in [0.1, 0.15) is 0 Å². The summed E-state index contributed by atoms with van der Waals surface area (Å²) in [5.74, 6) is -0.499. The van der Waals surface area contributed by atoms with Crippen LogP contribution in [0.2, 0.25) is 0 Å². The summed E-state index contributed by atoms with van der Waals surface area (Å²) >= 11 is 1.33. The summed E-state index contributed by atoms with van der Waals surface area (Å²) in [6, 6.07) is 3.39. The van der Waals surface area contributed by atoms with Crippen LogP contribution in [0, 0.1) is 0 Å². The second-order valence-electron chi connectivity index (χ2n) is 3.64. The Labute approximate surface area is 104 Å². The summed E-state index contributed by atoms with van der Waals surface area (Å²) < 4.78 is 0. The molecule has 3 N–H and O–H groups in total. The summed E-state index contributed by atoms with van der Waals surface area (Å²) in [5, 5.41) is 15.7. The maximum Gasteiger partial charge on any atom is 0.261 e. The van der Waals surface area contributed by atoms with Gasteiger partial charge in [-0.2, -0.15) is 0 Å². The van der Waals surface area contributed by atoms with Gasteiger partial charge >= 0.3 is 0 Å². The molecule has 0 fully saturated rings. The second kappa shape index (κ2) is 7.03. The SMILES string of the molecule is CC(CCO)NC(=O)CNC(=O)c1cccs1. The van der Waals surface area contributed by atoms with Crippen LogP contribution in [0.15, 0.2) is 17.5 Å². The molecule has 1 rings (SSSR count). The predicted molar refractivity (Wildman–Crippen MR) is 66.0 cm³/mol. The van der Waals surface area contributed by atoms with Crippen molar-refractivity contribution in [3.63, 3.8) is 0 Å². The monoisotopic (exact) mass is 256 g/mol. The number of aliphatic hydroxyl groups is 1. The number of thiophene rings is 1. The lowest BCUT2D eigenvalue weighted by atomic mass is 10.2. The van der Waals surface area contributed by atoms with Crippen LogP contribution in [0.1, 0.15) is 23.0 Å². The van der Waals surface area contributed by atoms with Crippen LogP contribution in [0.4, 0.5) is 0 Å². The van der Waals surface area contributed by atoms with Gasteiger partial charge in [0, 0.05) is 12.6 Å². The molecule has 6 heteroatoms. The third kappa shape index (κ3) is 4.97. The van der Waals surface area contributed by atoms with Gasteiger partial charge in [0.25, 0.3) is 5.91 Å². The van der Waals surface area contributed by atoms with Crippen LogP contribution in [0.5, 0.6) is 0 Å². The zero-order chi connectivity index (χ0) is 12.7. The zero-order valence-electron chi connectivity index (χ0n) is 9.60. The van der Waals surface area contributed by atoms with E-state index in [4.69, 9.17) is 5.11 Å². The van der Waals surface area contributed by atoms with Crippen molar-refractivity contribution in [2.75, 3.05) is 13.2 Å². The molecule has 0 radical (unpaired) electrons. The summed E-state index contributed by atoms with van der Waals surface area (Å²) in [6.07, 6.45) is 0.505. The minimum absolute atomic E-state index is 0.0308. The van der Waals surface area contributed by atoms with Gasteiger partial charge in [-0.05, 0) is 24.8 Å². The highest BCUT2D eigenvalue weighted by Crippen LogP contribution is 2.07. The minimum atomic E-state index is -0.254. The Bertz CT molecular complexity index is 365. The third-order valence-electron chi connectivity index (χ3n) is 2.12. The number of amides is 2. The third-order valence-corrected chi connectivity index (χ3v) is 2.99. The lowest BCUT2D eigenvalue weighted by molar-refractivity contribution is -0.120. The van der Waals surface area contributed by atoms with Crippen LogP contribution in [0.3, 0.4) is 0 Å². The first kappa shape index (κ1) is 13.7. The average molecular weight is 256 g/mol. The van der Waals surface area contributed by atoms with Gasteiger partial charge in [0.05, 0.1) is 11.4 Å². The Kier molecular flexibility index (Phi) is 5.65. The standard InChI is InChI=1S/C11H16N2O3S/c1-8(4-5-14)13-10(15)7-12-11(16)9-3-2-6-17-9/h2-3,6,8,14H,4-5,7H2,1H3,(H,12,16)(H,13,15). The summed E-state index contributed by atoms with van der Waals surface area (Å²) in [6.45, 7) is 1.78. The van der Waals surface area contributed by atoms with E-state index in [1.54, 1.807) is 24.4 Å². The molecule has 1 aromatic heterocycles. The van der Waals surface area contributed by atoms with Crippen molar-refractivity contribution in [2.24, 2.45) is 0 Å². The number of rotatable bonds is 6. The molecular weight excluding hydrogens is 240 g/mol. The minimum Gasteiger partial charge on any atom is -0.396 e. The first-order chi connectivity index (χ1) is 8.13. The Balaban J connectivity index is 2.26. The van der Waals surface area contributed by atoms with E-state index in [0.717, 1.165) is 0 Å². The van der Waals surface area contributed by atoms with Crippen molar-refractivity contribution in [3.8, 4) is 0 Å². The Morgan fingerprint density at radius 2 is 2.29 bits per heavy atom. The summed E-state index contributed by atoms with van der Waals surface area (Å²) in [4.78, 5) is 23.5. The second-order valence-corrected chi connectivity index (χ2v) is 4.59. The van der Waals surface area contributed by atoms with Crippen LogP contribution in [-0.2, 0) is 4.79 Å². The fourth-order valence-electron chi connectivity index (χ4n) is 1.25. The molecule has 1 heterocycles. The normalized spacial score (nSPS) is 11.9. The Hall–Kier alpha value is -1.40. The molecular formula is C11H16N2O3S. The van der Waals surface area contributed by atoms with Crippen LogP contribution in [0.25, 0.3) is 0 Å². The van der Waals surface area contributed by atoms with Gasteiger partial charge in [0.2, 0.25) is 5.91 Å². The Morgan fingerprint density at radius 1 is 1.53 bits per heavy atom. The molecule has 1 aromatic rings. The molecule has 0 aliphatic rings. The van der Waals surface area contributed by atoms with E-state index in [9.17, 15) is 9.59 Å². The fourth-order valence-corrected chi connectivity index (χ4v) is 1.89. The van der Waals surface area contributed by atoms with Crippen LogP contribution >= 0.6 is 11.3 Å². The molecule has 0 spiro atoms. The molecule has 0 saturated heterocycles. The molecule has 1 atom stereocenters. The summed E-state index contributed by atoms with van der Waals surface area (Å²) in [7, 11) is 0. The van der Waals surface area contributed by atoms with Crippen molar-refractivity contribution >= 4 is 23.2 Å². The molecule has 5 nitrogen and oxygen atoms in total. The molecule has 94 valence electrons. The van der Waals surface area contributed by atoms with Gasteiger partial charge in [-0.3, -0.25) is 9.59 Å². The molecule has 0 saturated carbocycles. The lowest BCUT2D eigenvalue weighted by Gasteiger charge is -2.12. The maximum absolute atomic E-state index is 11.5. The zero-order valence-corrected chi connectivity index (χ0v) is 10.4. The molecule has 0 aliphatic heterocycles. The molecule has 2 amide bonds. The number of carbonyl (C=O) groups excluding carboxylic acids is 2. The Morgan fingerprint density at radius 3 is 2.88 bits per heavy atom. The number of hydrogen-bond acceptors (Lipinski definition) is 4. The maximum atomic E-state index is 11.5. The highest BCUT2D eigenvalue weighted by Gasteiger charge is 2.10. The highest BCUT2D eigenvalue weighted by atomic mass is 32.1. The molecule has 1 unspecified atom stereocenters. The number of hydrogen-bond donors (Lipinski definition) is 3. The quantitative estimate of drug-likeness (QED) is 0.688. The average Bonchev–Trinajstić information content (AvgIpc) is 2.79. The van der Waals surface area contributed by atoms with E-state index in [0.29, 0.717) is 11.3 Å².